The van der Waals surface area contributed by atoms with Gasteiger partial charge in [-0.3, -0.25) is 15.3 Å². The number of carbonyl (C=O) groups excluding carboxylic acids is 1. The Bertz CT molecular complexity index is 695. The van der Waals surface area contributed by atoms with Crippen molar-refractivity contribution < 1.29 is 9.53 Å². The summed E-state index contributed by atoms with van der Waals surface area (Å²) in [5, 5.41) is 17.3. The van der Waals surface area contributed by atoms with Crippen molar-refractivity contribution in [1.82, 2.24) is 15.6 Å². The first-order valence-corrected chi connectivity index (χ1v) is 11.7. The highest BCUT2D eigenvalue weighted by Gasteiger charge is 2.15. The van der Waals surface area contributed by atoms with Crippen LogP contribution in [0.15, 0.2) is 29.5 Å². The van der Waals surface area contributed by atoms with Crippen molar-refractivity contribution in [1.29, 1.82) is 5.26 Å². The number of aromatic nitrogens is 1. The van der Waals surface area contributed by atoms with Gasteiger partial charge in [0.25, 0.3) is 0 Å². The number of amides is 1. The largest absolute Gasteiger partial charge is 0.444 e. The highest BCUT2D eigenvalue weighted by atomic mass is 16.6. The van der Waals surface area contributed by atoms with Gasteiger partial charge in [-0.2, -0.15) is 5.26 Å². The van der Waals surface area contributed by atoms with Crippen LogP contribution < -0.4 is 16.0 Å². The molecule has 1 rings (SSSR count). The molecule has 0 saturated heterocycles. The third-order valence-electron chi connectivity index (χ3n) is 4.64. The summed E-state index contributed by atoms with van der Waals surface area (Å²) in [6.07, 6.45) is 16.7. The number of aliphatic imine (C=N–C) groups is 1. The molecule has 1 aromatic heterocycles. The minimum atomic E-state index is -0.438. The van der Waals surface area contributed by atoms with E-state index in [9.17, 15) is 4.79 Å². The van der Waals surface area contributed by atoms with E-state index in [1.165, 1.54) is 38.5 Å². The molecular formula is C24H40N6O2. The fraction of sp³-hybridized carbons (Fsp3) is 0.667. The number of nitriles is 1. The Morgan fingerprint density at radius 3 is 2.12 bits per heavy atom. The van der Waals surface area contributed by atoms with Gasteiger partial charge < -0.3 is 15.4 Å². The number of nitrogens with zero attached hydrogens (tertiary/aromatic N) is 3. The van der Waals surface area contributed by atoms with Crippen LogP contribution in [0.5, 0.6) is 0 Å². The van der Waals surface area contributed by atoms with E-state index in [-0.39, 0.29) is 6.09 Å². The van der Waals surface area contributed by atoms with Gasteiger partial charge in [-0.05, 0) is 45.7 Å². The molecule has 0 atom stereocenters. The van der Waals surface area contributed by atoms with Crippen molar-refractivity contribution in [3.63, 3.8) is 0 Å². The Hall–Kier alpha value is -2.82. The van der Waals surface area contributed by atoms with Gasteiger partial charge in [-0.25, -0.2) is 4.79 Å². The highest BCUT2D eigenvalue weighted by Crippen LogP contribution is 2.11. The second kappa shape index (κ2) is 16.8. The van der Waals surface area contributed by atoms with Gasteiger partial charge in [0, 0.05) is 31.2 Å². The maximum atomic E-state index is 11.5. The summed E-state index contributed by atoms with van der Waals surface area (Å²) in [4.78, 5) is 19.9. The number of rotatable bonds is 14. The average Bonchev–Trinajstić information content (AvgIpc) is 2.73. The smallest absolute Gasteiger partial charge is 0.407 e. The van der Waals surface area contributed by atoms with Crippen molar-refractivity contribution >= 4 is 17.7 Å². The molecule has 178 valence electrons. The van der Waals surface area contributed by atoms with Crippen LogP contribution in [0.25, 0.3) is 0 Å². The first-order valence-electron chi connectivity index (χ1n) is 11.7. The zero-order valence-corrected chi connectivity index (χ0v) is 20.0. The van der Waals surface area contributed by atoms with Crippen molar-refractivity contribution in [2.24, 2.45) is 4.99 Å². The number of pyridine rings is 1. The van der Waals surface area contributed by atoms with E-state index in [1.807, 2.05) is 39.1 Å². The van der Waals surface area contributed by atoms with E-state index in [4.69, 9.17) is 10.00 Å². The Labute approximate surface area is 193 Å². The van der Waals surface area contributed by atoms with E-state index in [2.05, 4.69) is 25.9 Å². The van der Waals surface area contributed by atoms with E-state index >= 15 is 0 Å². The average molecular weight is 445 g/mol. The molecule has 8 nitrogen and oxygen atoms in total. The van der Waals surface area contributed by atoms with Crippen molar-refractivity contribution in [3.05, 3.63) is 24.5 Å². The van der Waals surface area contributed by atoms with Crippen LogP contribution in [-0.4, -0.2) is 35.7 Å². The molecule has 3 N–H and O–H groups in total. The third kappa shape index (κ3) is 15.9. The molecule has 0 aliphatic carbocycles. The van der Waals surface area contributed by atoms with Crippen LogP contribution in [-0.2, 0) is 4.74 Å². The molecule has 1 aromatic rings. The molecule has 0 spiro atoms. The van der Waals surface area contributed by atoms with Crippen LogP contribution >= 0.6 is 0 Å². The molecule has 0 aliphatic heterocycles. The van der Waals surface area contributed by atoms with Crippen LogP contribution in [0.4, 0.5) is 10.5 Å². The van der Waals surface area contributed by atoms with E-state index in [1.54, 1.807) is 12.4 Å². The molecule has 0 saturated carbocycles. The number of alkyl carbamates (subject to hydrolysis) is 1. The number of unbranched alkanes of at least 4 members (excludes halogenated alkanes) is 9. The predicted octanol–water partition coefficient (Wildman–Crippen LogP) is 5.35. The molecule has 1 heterocycles. The maximum Gasteiger partial charge on any atom is 0.407 e. The normalized spacial score (nSPS) is 11.5. The molecule has 8 heteroatoms. The zero-order chi connectivity index (χ0) is 23.5. The van der Waals surface area contributed by atoms with E-state index in [0.717, 1.165) is 31.4 Å². The summed E-state index contributed by atoms with van der Waals surface area (Å²) in [5.41, 5.74) is 0.410. The summed E-state index contributed by atoms with van der Waals surface area (Å²) in [7, 11) is 0. The van der Waals surface area contributed by atoms with Crippen molar-refractivity contribution in [2.45, 2.75) is 90.6 Å². The first kappa shape index (κ1) is 27.2. The lowest BCUT2D eigenvalue weighted by molar-refractivity contribution is 0.0527. The van der Waals surface area contributed by atoms with Gasteiger partial charge in [-0.15, -0.1) is 0 Å². The van der Waals surface area contributed by atoms with Crippen molar-refractivity contribution in [2.75, 3.05) is 18.4 Å². The Morgan fingerprint density at radius 2 is 1.56 bits per heavy atom. The topological polar surface area (TPSA) is 111 Å². The number of hydrogen-bond acceptors (Lipinski definition) is 5. The fourth-order valence-electron chi connectivity index (χ4n) is 3.08. The molecule has 0 radical (unpaired) electrons. The lowest BCUT2D eigenvalue weighted by Gasteiger charge is -2.19. The number of nitrogens with one attached hydrogen (secondary N) is 3. The molecule has 0 aliphatic rings. The van der Waals surface area contributed by atoms with Gasteiger partial charge >= 0.3 is 6.09 Å². The molecular weight excluding hydrogens is 404 g/mol. The quantitative estimate of drug-likeness (QED) is 0.117. The molecule has 0 fully saturated rings. The number of carbonyl (C=O) groups is 1. The predicted molar refractivity (Wildman–Crippen MR) is 129 cm³/mol. The highest BCUT2D eigenvalue weighted by molar-refractivity contribution is 5.94. The summed E-state index contributed by atoms with van der Waals surface area (Å²) >= 11 is 0. The monoisotopic (exact) mass is 444 g/mol. The number of anilines is 1. The third-order valence-corrected chi connectivity index (χ3v) is 4.64. The van der Waals surface area contributed by atoms with Crippen LogP contribution in [0.2, 0.25) is 0 Å². The number of ether oxygens (including phenoxy) is 1. The number of guanidine groups is 1. The lowest BCUT2D eigenvalue weighted by atomic mass is 10.1. The summed E-state index contributed by atoms with van der Waals surface area (Å²) < 4.78 is 5.21. The molecule has 32 heavy (non-hydrogen) atoms. The Balaban J connectivity index is 1.94. The van der Waals surface area contributed by atoms with Gasteiger partial charge in [0.15, 0.2) is 6.19 Å². The number of hydrogen-bond donors (Lipinski definition) is 3. The fourth-order valence-corrected chi connectivity index (χ4v) is 3.08. The Kier molecular flexibility index (Phi) is 14.3. The molecule has 0 aromatic carbocycles. The van der Waals surface area contributed by atoms with Gasteiger partial charge in [-0.1, -0.05) is 51.4 Å². The van der Waals surface area contributed by atoms with Gasteiger partial charge in [0.05, 0.1) is 0 Å². The Morgan fingerprint density at radius 1 is 1.00 bits per heavy atom. The summed E-state index contributed by atoms with van der Waals surface area (Å²) in [6, 6.07) is 3.66. The van der Waals surface area contributed by atoms with Crippen LogP contribution in [0.3, 0.4) is 0 Å². The lowest BCUT2D eigenvalue weighted by Crippen LogP contribution is -2.32. The van der Waals surface area contributed by atoms with Crippen LogP contribution in [0.1, 0.15) is 85.0 Å². The minimum Gasteiger partial charge on any atom is -0.444 e. The second-order valence-electron chi connectivity index (χ2n) is 8.79. The van der Waals surface area contributed by atoms with Crippen molar-refractivity contribution in [3.8, 4) is 6.19 Å². The zero-order valence-electron chi connectivity index (χ0n) is 20.0. The first-order chi connectivity index (χ1) is 15.4. The van der Waals surface area contributed by atoms with Gasteiger partial charge in [0.2, 0.25) is 5.96 Å². The second-order valence-corrected chi connectivity index (χ2v) is 8.79. The van der Waals surface area contributed by atoms with Crippen LogP contribution in [0, 0.1) is 11.5 Å². The van der Waals surface area contributed by atoms with E-state index in [0.29, 0.717) is 19.0 Å². The molecule has 1 amide bonds. The van der Waals surface area contributed by atoms with E-state index < -0.39 is 5.60 Å². The van der Waals surface area contributed by atoms with Gasteiger partial charge in [0.1, 0.15) is 5.60 Å². The minimum absolute atomic E-state index is 0.328. The molecule has 0 unspecified atom stereocenters. The summed E-state index contributed by atoms with van der Waals surface area (Å²) in [5.74, 6) is 0.472. The molecule has 0 bridgehead atoms. The SMILES string of the molecule is CC(C)(C)OC(=O)NCCCCCCCCCCCCN=C(NC#N)Nc1ccncc1. The summed E-state index contributed by atoms with van der Waals surface area (Å²) in [6.45, 7) is 6.98. The maximum absolute atomic E-state index is 11.5. The standard InChI is InChI=1S/C24H40N6O2/c1-24(2,3)32-23(31)28-17-13-11-9-7-5-4-6-8-10-12-16-27-22(29-20-25)30-21-14-18-26-19-15-21/h14-15,18-19H,4-13,16-17H2,1-3H3,(H,28,31)(H2,26,27,29,30).